The van der Waals surface area contributed by atoms with Gasteiger partial charge in [0, 0.05) is 32.6 Å². The van der Waals surface area contributed by atoms with Crippen molar-refractivity contribution >= 4 is 5.91 Å². The quantitative estimate of drug-likeness (QED) is 0.808. The maximum atomic E-state index is 12.1. The molecule has 0 bridgehead atoms. The van der Waals surface area contributed by atoms with Crippen LogP contribution in [-0.2, 0) is 4.79 Å². The lowest BCUT2D eigenvalue weighted by molar-refractivity contribution is -0.130. The van der Waals surface area contributed by atoms with Gasteiger partial charge in [0.1, 0.15) is 0 Å². The normalized spacial score (nSPS) is 33.3. The number of likely N-dealkylation sites (tertiary alicyclic amines) is 1. The highest BCUT2D eigenvalue weighted by atomic mass is 16.2. The fourth-order valence-electron chi connectivity index (χ4n) is 3.84. The third kappa shape index (κ3) is 2.49. The zero-order valence-electron chi connectivity index (χ0n) is 10.7. The first-order chi connectivity index (χ1) is 8.33. The van der Waals surface area contributed by atoms with Crippen LogP contribution in [0.25, 0.3) is 0 Å². The van der Waals surface area contributed by atoms with Gasteiger partial charge < -0.3 is 10.2 Å². The third-order valence-corrected chi connectivity index (χ3v) is 4.98. The predicted octanol–water partition coefficient (Wildman–Crippen LogP) is 1.63. The van der Waals surface area contributed by atoms with E-state index in [1.807, 2.05) is 0 Å². The summed E-state index contributed by atoms with van der Waals surface area (Å²) in [7, 11) is 0. The second-order valence-corrected chi connectivity index (χ2v) is 6.17. The number of hydrogen-bond acceptors (Lipinski definition) is 2. The summed E-state index contributed by atoms with van der Waals surface area (Å²) in [6.07, 6.45) is 7.45. The lowest BCUT2D eigenvalue weighted by Gasteiger charge is -2.18. The molecule has 3 aliphatic rings. The lowest BCUT2D eigenvalue weighted by Crippen LogP contribution is -2.31. The zero-order chi connectivity index (χ0) is 11.7. The minimum atomic E-state index is 0.422. The predicted molar refractivity (Wildman–Crippen MR) is 67.6 cm³/mol. The second kappa shape index (κ2) is 4.97. The summed E-state index contributed by atoms with van der Waals surface area (Å²) in [6, 6.07) is 0. The molecule has 1 aliphatic carbocycles. The van der Waals surface area contributed by atoms with Gasteiger partial charge in [-0.15, -0.1) is 0 Å². The van der Waals surface area contributed by atoms with Crippen molar-refractivity contribution in [2.24, 2.45) is 17.8 Å². The molecule has 0 radical (unpaired) electrons. The first kappa shape index (κ1) is 11.5. The molecule has 0 aromatic rings. The Hall–Kier alpha value is -0.570. The van der Waals surface area contributed by atoms with Crippen LogP contribution in [0, 0.1) is 17.8 Å². The Balaban J connectivity index is 1.43. The molecule has 96 valence electrons. The van der Waals surface area contributed by atoms with Gasteiger partial charge in [0.05, 0.1) is 0 Å². The minimum Gasteiger partial charge on any atom is -0.342 e. The van der Waals surface area contributed by atoms with E-state index in [9.17, 15) is 4.79 Å². The highest BCUT2D eigenvalue weighted by molar-refractivity contribution is 5.76. The standard InChI is InChI=1S/C14H24N2O/c17-14(6-5-11-3-1-2-4-11)16-9-12-7-15-8-13(12)10-16/h11-13,15H,1-10H2/t12-,13+. The zero-order valence-corrected chi connectivity index (χ0v) is 10.7. The summed E-state index contributed by atoms with van der Waals surface area (Å²) < 4.78 is 0. The summed E-state index contributed by atoms with van der Waals surface area (Å²) in [4.78, 5) is 14.3. The van der Waals surface area contributed by atoms with Crippen LogP contribution in [0.4, 0.5) is 0 Å². The molecule has 17 heavy (non-hydrogen) atoms. The minimum absolute atomic E-state index is 0.422. The maximum Gasteiger partial charge on any atom is 0.222 e. The van der Waals surface area contributed by atoms with Crippen LogP contribution in [0.2, 0.25) is 0 Å². The maximum absolute atomic E-state index is 12.1. The highest BCUT2D eigenvalue weighted by Crippen LogP contribution is 2.30. The molecule has 0 aromatic heterocycles. The van der Waals surface area contributed by atoms with E-state index in [2.05, 4.69) is 10.2 Å². The number of hydrogen-bond donors (Lipinski definition) is 1. The monoisotopic (exact) mass is 236 g/mol. The van der Waals surface area contributed by atoms with E-state index in [-0.39, 0.29) is 0 Å². The number of nitrogens with one attached hydrogen (secondary N) is 1. The van der Waals surface area contributed by atoms with Crippen molar-refractivity contribution in [2.75, 3.05) is 26.2 Å². The van der Waals surface area contributed by atoms with Crippen LogP contribution in [0.15, 0.2) is 0 Å². The molecule has 1 amide bonds. The number of rotatable bonds is 3. The summed E-state index contributed by atoms with van der Waals surface area (Å²) in [5, 5.41) is 3.42. The number of carbonyl (C=O) groups excluding carboxylic acids is 1. The summed E-state index contributed by atoms with van der Waals surface area (Å²) >= 11 is 0. The van der Waals surface area contributed by atoms with Crippen molar-refractivity contribution in [3.05, 3.63) is 0 Å². The van der Waals surface area contributed by atoms with Crippen LogP contribution in [0.5, 0.6) is 0 Å². The van der Waals surface area contributed by atoms with Gasteiger partial charge in [-0.1, -0.05) is 25.7 Å². The molecular formula is C14H24N2O. The van der Waals surface area contributed by atoms with E-state index < -0.39 is 0 Å². The highest BCUT2D eigenvalue weighted by Gasteiger charge is 2.37. The van der Waals surface area contributed by atoms with Crippen LogP contribution >= 0.6 is 0 Å². The van der Waals surface area contributed by atoms with E-state index in [1.165, 1.54) is 25.7 Å². The lowest BCUT2D eigenvalue weighted by atomic mass is 10.0. The Morgan fingerprint density at radius 1 is 1.12 bits per heavy atom. The van der Waals surface area contributed by atoms with E-state index in [0.717, 1.165) is 56.8 Å². The Kier molecular flexibility index (Phi) is 3.37. The Bertz CT molecular complexity index is 274. The van der Waals surface area contributed by atoms with Gasteiger partial charge in [0.2, 0.25) is 5.91 Å². The smallest absolute Gasteiger partial charge is 0.222 e. The second-order valence-electron chi connectivity index (χ2n) is 6.17. The topological polar surface area (TPSA) is 32.3 Å². The van der Waals surface area contributed by atoms with Crippen LogP contribution < -0.4 is 5.32 Å². The van der Waals surface area contributed by atoms with Gasteiger partial charge >= 0.3 is 0 Å². The molecular weight excluding hydrogens is 212 g/mol. The third-order valence-electron chi connectivity index (χ3n) is 4.98. The fraction of sp³-hybridized carbons (Fsp3) is 0.929. The van der Waals surface area contributed by atoms with Crippen LogP contribution in [0.3, 0.4) is 0 Å². The van der Waals surface area contributed by atoms with Gasteiger partial charge in [-0.2, -0.15) is 0 Å². The average Bonchev–Trinajstić information content (AvgIpc) is 3.01. The molecule has 3 rings (SSSR count). The molecule has 0 aromatic carbocycles. The molecule has 3 fully saturated rings. The molecule has 0 spiro atoms. The molecule has 0 unspecified atom stereocenters. The first-order valence-corrected chi connectivity index (χ1v) is 7.31. The summed E-state index contributed by atoms with van der Waals surface area (Å²) in [5.41, 5.74) is 0. The molecule has 1 N–H and O–H groups in total. The number of fused-ring (bicyclic) bond motifs is 1. The Morgan fingerprint density at radius 3 is 2.41 bits per heavy atom. The summed E-state index contributed by atoms with van der Waals surface area (Å²) in [6.45, 7) is 4.27. The van der Waals surface area contributed by atoms with E-state index in [0.29, 0.717) is 5.91 Å². The fourth-order valence-corrected chi connectivity index (χ4v) is 3.84. The molecule has 2 heterocycles. The molecule has 3 heteroatoms. The van der Waals surface area contributed by atoms with E-state index >= 15 is 0 Å². The van der Waals surface area contributed by atoms with Crippen molar-refractivity contribution in [1.82, 2.24) is 10.2 Å². The Labute approximate surface area is 104 Å². The van der Waals surface area contributed by atoms with Crippen molar-refractivity contribution in [3.63, 3.8) is 0 Å². The van der Waals surface area contributed by atoms with Crippen molar-refractivity contribution in [3.8, 4) is 0 Å². The average molecular weight is 236 g/mol. The number of nitrogens with zero attached hydrogens (tertiary/aromatic N) is 1. The molecule has 2 saturated heterocycles. The van der Waals surface area contributed by atoms with Gasteiger partial charge in [-0.05, 0) is 24.2 Å². The van der Waals surface area contributed by atoms with Crippen molar-refractivity contribution < 1.29 is 4.79 Å². The largest absolute Gasteiger partial charge is 0.342 e. The van der Waals surface area contributed by atoms with Gasteiger partial charge in [0.25, 0.3) is 0 Å². The molecule has 2 atom stereocenters. The Morgan fingerprint density at radius 2 is 1.76 bits per heavy atom. The number of amides is 1. The first-order valence-electron chi connectivity index (χ1n) is 7.31. The van der Waals surface area contributed by atoms with Crippen LogP contribution in [-0.4, -0.2) is 37.0 Å². The van der Waals surface area contributed by atoms with E-state index in [4.69, 9.17) is 0 Å². The summed E-state index contributed by atoms with van der Waals surface area (Å²) in [5.74, 6) is 2.75. The van der Waals surface area contributed by atoms with Gasteiger partial charge in [-0.25, -0.2) is 0 Å². The molecule has 2 aliphatic heterocycles. The van der Waals surface area contributed by atoms with E-state index in [1.54, 1.807) is 0 Å². The molecule has 3 nitrogen and oxygen atoms in total. The van der Waals surface area contributed by atoms with Crippen molar-refractivity contribution in [1.29, 1.82) is 0 Å². The van der Waals surface area contributed by atoms with Crippen molar-refractivity contribution in [2.45, 2.75) is 38.5 Å². The van der Waals surface area contributed by atoms with Crippen LogP contribution in [0.1, 0.15) is 38.5 Å². The van der Waals surface area contributed by atoms with Gasteiger partial charge in [-0.3, -0.25) is 4.79 Å². The van der Waals surface area contributed by atoms with Gasteiger partial charge in [0.15, 0.2) is 0 Å². The SMILES string of the molecule is O=C(CCC1CCCC1)N1C[C@H]2CNC[C@H]2C1. The molecule has 1 saturated carbocycles. The number of carbonyl (C=O) groups is 1.